The summed E-state index contributed by atoms with van der Waals surface area (Å²) in [7, 11) is 4.10. The van der Waals surface area contributed by atoms with Crippen LogP contribution in [-0.4, -0.2) is 37.3 Å². The molecule has 0 spiro atoms. The van der Waals surface area contributed by atoms with Crippen LogP contribution in [0.25, 0.3) is 5.57 Å². The first-order chi connectivity index (χ1) is 16.7. The Kier molecular flexibility index (Phi) is 8.13. The highest BCUT2D eigenvalue weighted by Gasteiger charge is 2.34. The molecule has 11 heteroatoms. The predicted molar refractivity (Wildman–Crippen MR) is 121 cm³/mol. The number of esters is 1. The van der Waals surface area contributed by atoms with Crippen LogP contribution in [0.2, 0.25) is 0 Å². The molecule has 1 aromatic heterocycles. The Labute approximate surface area is 199 Å². The number of aromatic nitrogens is 2. The fourth-order valence-electron chi connectivity index (χ4n) is 3.01. The van der Waals surface area contributed by atoms with E-state index in [1.54, 1.807) is 48.5 Å². The van der Waals surface area contributed by atoms with Crippen molar-refractivity contribution in [3.8, 4) is 11.6 Å². The van der Waals surface area contributed by atoms with E-state index in [4.69, 9.17) is 18.9 Å². The molecule has 35 heavy (non-hydrogen) atoms. The number of alkyl halides is 3. The van der Waals surface area contributed by atoms with E-state index in [1.165, 1.54) is 27.6 Å². The maximum Gasteiger partial charge on any atom is 0.433 e. The van der Waals surface area contributed by atoms with Gasteiger partial charge < -0.3 is 24.3 Å². The highest BCUT2D eigenvalue weighted by atomic mass is 19.4. The Morgan fingerprint density at radius 1 is 1.03 bits per heavy atom. The molecule has 0 saturated carbocycles. The van der Waals surface area contributed by atoms with Crippen molar-refractivity contribution in [3.63, 3.8) is 0 Å². The molecule has 3 rings (SSSR count). The predicted octanol–water partition coefficient (Wildman–Crippen LogP) is 4.99. The molecule has 0 amide bonds. The Hall–Kier alpha value is -4.28. The first-order valence-corrected chi connectivity index (χ1v) is 10.1. The number of rotatable bonds is 9. The topological polar surface area (TPSA) is 91.8 Å². The Bertz CT molecular complexity index is 1200. The minimum Gasteiger partial charge on any atom is -0.503 e. The summed E-state index contributed by atoms with van der Waals surface area (Å²) >= 11 is 0. The lowest BCUT2D eigenvalue weighted by atomic mass is 10.0. The van der Waals surface area contributed by atoms with Crippen molar-refractivity contribution < 1.29 is 36.9 Å². The zero-order valence-corrected chi connectivity index (χ0v) is 19.1. The molecule has 2 aromatic carbocycles. The van der Waals surface area contributed by atoms with Crippen molar-refractivity contribution in [1.82, 2.24) is 9.97 Å². The molecule has 0 saturated heterocycles. The van der Waals surface area contributed by atoms with Crippen LogP contribution in [0.1, 0.15) is 16.8 Å². The van der Waals surface area contributed by atoms with Gasteiger partial charge in [-0.3, -0.25) is 0 Å². The molecule has 0 aliphatic heterocycles. The highest BCUT2D eigenvalue weighted by Crippen LogP contribution is 2.31. The number of benzene rings is 2. The summed E-state index contributed by atoms with van der Waals surface area (Å²) in [5, 5.41) is 2.73. The highest BCUT2D eigenvalue weighted by molar-refractivity contribution is 6.16. The molecule has 1 heterocycles. The number of anilines is 2. The van der Waals surface area contributed by atoms with E-state index in [0.29, 0.717) is 28.6 Å². The molecule has 0 aliphatic rings. The molecule has 0 fully saturated rings. The van der Waals surface area contributed by atoms with E-state index in [1.807, 2.05) is 0 Å². The maximum absolute atomic E-state index is 13.5. The molecule has 3 aromatic rings. The van der Waals surface area contributed by atoms with Gasteiger partial charge in [0.25, 0.3) is 0 Å². The zero-order chi connectivity index (χ0) is 25.4. The standard InChI is InChI=1S/C24H22F3N3O5/c1-32-14-19(22(31)34-3)18-7-5-4-6-15(18)13-35-21-12-20(24(25,26)27)29-23(30-21)28-16-8-10-17(33-2)11-9-16/h4-12,14H,13H2,1-3H3,(H,28,29,30)/b19-14+. The van der Waals surface area contributed by atoms with E-state index < -0.39 is 17.8 Å². The van der Waals surface area contributed by atoms with Gasteiger partial charge in [0.05, 0.1) is 27.6 Å². The summed E-state index contributed by atoms with van der Waals surface area (Å²) in [6.45, 7) is -0.190. The van der Waals surface area contributed by atoms with Crippen molar-refractivity contribution in [2.75, 3.05) is 26.6 Å². The Balaban J connectivity index is 1.90. The lowest BCUT2D eigenvalue weighted by Crippen LogP contribution is -2.12. The molecule has 0 aliphatic carbocycles. The number of nitrogens with one attached hydrogen (secondary N) is 1. The van der Waals surface area contributed by atoms with E-state index in [-0.39, 0.29) is 24.0 Å². The minimum absolute atomic E-state index is 0.120. The quantitative estimate of drug-likeness (QED) is 0.256. The number of carbonyl (C=O) groups excluding carboxylic acids is 1. The van der Waals surface area contributed by atoms with Crippen LogP contribution in [0, 0.1) is 0 Å². The fourth-order valence-corrected chi connectivity index (χ4v) is 3.01. The van der Waals surface area contributed by atoms with Gasteiger partial charge in [0.2, 0.25) is 11.8 Å². The lowest BCUT2D eigenvalue weighted by molar-refractivity contribution is -0.141. The van der Waals surface area contributed by atoms with Gasteiger partial charge in [-0.15, -0.1) is 0 Å². The van der Waals surface area contributed by atoms with Gasteiger partial charge in [-0.2, -0.15) is 18.2 Å². The van der Waals surface area contributed by atoms with Crippen molar-refractivity contribution in [2.24, 2.45) is 0 Å². The molecule has 0 atom stereocenters. The Morgan fingerprint density at radius 2 is 1.74 bits per heavy atom. The lowest BCUT2D eigenvalue weighted by Gasteiger charge is -2.14. The van der Waals surface area contributed by atoms with Crippen LogP contribution < -0.4 is 14.8 Å². The normalized spacial score (nSPS) is 11.5. The van der Waals surface area contributed by atoms with Crippen molar-refractivity contribution >= 4 is 23.2 Å². The van der Waals surface area contributed by atoms with Gasteiger partial charge in [-0.05, 0) is 35.4 Å². The van der Waals surface area contributed by atoms with Crippen LogP contribution in [0.5, 0.6) is 11.6 Å². The molecule has 0 unspecified atom stereocenters. The van der Waals surface area contributed by atoms with Crippen molar-refractivity contribution in [3.05, 3.63) is 77.7 Å². The molecule has 8 nitrogen and oxygen atoms in total. The van der Waals surface area contributed by atoms with E-state index in [0.717, 1.165) is 0 Å². The number of hydrogen-bond acceptors (Lipinski definition) is 8. The van der Waals surface area contributed by atoms with E-state index in [2.05, 4.69) is 15.3 Å². The number of ether oxygens (including phenoxy) is 4. The number of methoxy groups -OCH3 is 3. The minimum atomic E-state index is -4.73. The SMILES string of the molecule is CO/C=C(/C(=O)OC)c1ccccc1COc1cc(C(F)(F)F)nc(Nc2ccc(OC)cc2)n1. The molecular formula is C24H22F3N3O5. The molecule has 184 valence electrons. The average molecular weight is 489 g/mol. The van der Waals surface area contributed by atoms with Crippen molar-refractivity contribution in [1.29, 1.82) is 0 Å². The fraction of sp³-hybridized carbons (Fsp3) is 0.208. The third kappa shape index (κ3) is 6.62. The summed E-state index contributed by atoms with van der Waals surface area (Å²) < 4.78 is 60.8. The van der Waals surface area contributed by atoms with Crippen LogP contribution in [0.3, 0.4) is 0 Å². The summed E-state index contributed by atoms with van der Waals surface area (Å²) in [6, 6.07) is 13.9. The number of hydrogen-bond donors (Lipinski definition) is 1. The summed E-state index contributed by atoms with van der Waals surface area (Å²) in [6.07, 6.45) is -3.51. The largest absolute Gasteiger partial charge is 0.503 e. The third-order valence-electron chi connectivity index (χ3n) is 4.66. The molecule has 1 N–H and O–H groups in total. The second-order valence-electron chi connectivity index (χ2n) is 6.97. The van der Waals surface area contributed by atoms with Gasteiger partial charge in [0.1, 0.15) is 17.9 Å². The summed E-state index contributed by atoms with van der Waals surface area (Å²) in [5.41, 5.74) is 0.325. The van der Waals surface area contributed by atoms with Crippen LogP contribution in [0.4, 0.5) is 24.8 Å². The van der Waals surface area contributed by atoms with Crippen LogP contribution in [0.15, 0.2) is 60.9 Å². The average Bonchev–Trinajstić information content (AvgIpc) is 2.85. The summed E-state index contributed by atoms with van der Waals surface area (Å²) in [4.78, 5) is 19.8. The Morgan fingerprint density at radius 3 is 2.37 bits per heavy atom. The first-order valence-electron chi connectivity index (χ1n) is 10.1. The van der Waals surface area contributed by atoms with Crippen LogP contribution in [-0.2, 0) is 27.1 Å². The van der Waals surface area contributed by atoms with E-state index in [9.17, 15) is 18.0 Å². The van der Waals surface area contributed by atoms with Gasteiger partial charge in [-0.25, -0.2) is 9.78 Å². The third-order valence-corrected chi connectivity index (χ3v) is 4.66. The van der Waals surface area contributed by atoms with Gasteiger partial charge in [0.15, 0.2) is 5.69 Å². The molecular weight excluding hydrogens is 467 g/mol. The smallest absolute Gasteiger partial charge is 0.433 e. The van der Waals surface area contributed by atoms with Crippen molar-refractivity contribution in [2.45, 2.75) is 12.8 Å². The zero-order valence-electron chi connectivity index (χ0n) is 19.1. The van der Waals surface area contributed by atoms with Gasteiger partial charge in [0, 0.05) is 11.8 Å². The van der Waals surface area contributed by atoms with E-state index >= 15 is 0 Å². The number of halogens is 3. The first kappa shape index (κ1) is 25.3. The number of carbonyl (C=O) groups is 1. The second kappa shape index (κ2) is 11.2. The molecule has 0 radical (unpaired) electrons. The number of nitrogens with zero attached hydrogens (tertiary/aromatic N) is 2. The maximum atomic E-state index is 13.5. The molecule has 0 bridgehead atoms. The van der Waals surface area contributed by atoms with Gasteiger partial charge in [-0.1, -0.05) is 24.3 Å². The monoisotopic (exact) mass is 489 g/mol. The van der Waals surface area contributed by atoms with Crippen LogP contribution >= 0.6 is 0 Å². The van der Waals surface area contributed by atoms with Gasteiger partial charge >= 0.3 is 12.1 Å². The summed E-state index contributed by atoms with van der Waals surface area (Å²) in [5.74, 6) is -0.681. The second-order valence-corrected chi connectivity index (χ2v) is 6.97.